The molecule has 5 nitrogen and oxygen atoms in total. The lowest BCUT2D eigenvalue weighted by atomic mass is 10.0. The minimum atomic E-state index is -0.999. The molecule has 0 aromatic heterocycles. The third-order valence-electron chi connectivity index (χ3n) is 4.33. The predicted molar refractivity (Wildman–Crippen MR) is 95.1 cm³/mol. The summed E-state index contributed by atoms with van der Waals surface area (Å²) in [6.45, 7) is 5.81. The van der Waals surface area contributed by atoms with Crippen LogP contribution in [0.3, 0.4) is 0 Å². The Labute approximate surface area is 145 Å². The maximum absolute atomic E-state index is 12.3. The molecule has 132 valence electrons. The summed E-state index contributed by atoms with van der Waals surface area (Å²) in [5, 5.41) is 11.9. The van der Waals surface area contributed by atoms with Crippen molar-refractivity contribution in [3.8, 4) is 0 Å². The lowest BCUT2D eigenvalue weighted by Crippen LogP contribution is -2.23. The lowest BCUT2D eigenvalue weighted by Gasteiger charge is -2.18. The highest BCUT2D eigenvalue weighted by atomic mass is 32.2. The topological polar surface area (TPSA) is 83.5 Å². The number of carbonyl (C=O) groups is 2. The Morgan fingerprint density at radius 2 is 1.92 bits per heavy atom. The standard InChI is InChI=1S/C18H25NO4S/c1-18(2,3)24(23)11-12-5-4-6-15(9-12)19-16(20)13-7-8-14(10-13)17(21)22/h4-6,9,13-14H,7-8,10-11H2,1-3H3,(H,19,20)(H,21,22)/t13-,14+,24?/m1/s1. The first-order chi connectivity index (χ1) is 11.2. The molecule has 3 atom stereocenters. The molecule has 24 heavy (non-hydrogen) atoms. The number of rotatable bonds is 5. The molecule has 1 aliphatic carbocycles. The van der Waals surface area contributed by atoms with Gasteiger partial charge in [0.2, 0.25) is 5.91 Å². The van der Waals surface area contributed by atoms with E-state index in [1.54, 1.807) is 6.07 Å². The van der Waals surface area contributed by atoms with Crippen LogP contribution < -0.4 is 5.32 Å². The van der Waals surface area contributed by atoms with Gasteiger partial charge in [-0.15, -0.1) is 0 Å². The monoisotopic (exact) mass is 351 g/mol. The SMILES string of the molecule is CC(C)(C)S(=O)Cc1cccc(NC(=O)[C@@H]2CC[C@H](C(=O)O)C2)c1. The minimum Gasteiger partial charge on any atom is -0.481 e. The summed E-state index contributed by atoms with van der Waals surface area (Å²) in [5.41, 5.74) is 1.58. The Balaban J connectivity index is 1.98. The van der Waals surface area contributed by atoms with Gasteiger partial charge in [-0.25, -0.2) is 0 Å². The number of carbonyl (C=O) groups excluding carboxylic acids is 1. The molecule has 2 rings (SSSR count). The first-order valence-electron chi connectivity index (χ1n) is 8.18. The van der Waals surface area contributed by atoms with E-state index in [9.17, 15) is 13.8 Å². The molecule has 0 radical (unpaired) electrons. The van der Waals surface area contributed by atoms with Gasteiger partial charge in [0.15, 0.2) is 0 Å². The molecule has 0 saturated heterocycles. The summed E-state index contributed by atoms with van der Waals surface area (Å²) < 4.78 is 12.0. The molecule has 0 heterocycles. The Bertz CT molecular complexity index is 651. The van der Waals surface area contributed by atoms with Crippen LogP contribution in [0.5, 0.6) is 0 Å². The van der Waals surface area contributed by atoms with E-state index in [-0.39, 0.29) is 16.6 Å². The highest BCUT2D eigenvalue weighted by Crippen LogP contribution is 2.32. The van der Waals surface area contributed by atoms with Gasteiger partial charge in [-0.1, -0.05) is 12.1 Å². The maximum Gasteiger partial charge on any atom is 0.306 e. The van der Waals surface area contributed by atoms with Gasteiger partial charge in [-0.05, 0) is 57.7 Å². The Hall–Kier alpha value is -1.69. The lowest BCUT2D eigenvalue weighted by molar-refractivity contribution is -0.141. The van der Waals surface area contributed by atoms with Crippen molar-refractivity contribution < 1.29 is 18.9 Å². The molecule has 0 aliphatic heterocycles. The zero-order chi connectivity index (χ0) is 17.9. The Kier molecular flexibility index (Phi) is 5.80. The summed E-state index contributed by atoms with van der Waals surface area (Å²) in [7, 11) is -0.999. The second-order valence-corrected chi connectivity index (χ2v) is 9.54. The number of nitrogens with one attached hydrogen (secondary N) is 1. The molecule has 1 amide bonds. The fourth-order valence-corrected chi connectivity index (χ4v) is 3.71. The largest absolute Gasteiger partial charge is 0.481 e. The van der Waals surface area contributed by atoms with E-state index < -0.39 is 22.7 Å². The number of hydrogen-bond donors (Lipinski definition) is 2. The van der Waals surface area contributed by atoms with E-state index in [0.717, 1.165) is 5.56 Å². The molecule has 1 saturated carbocycles. The van der Waals surface area contributed by atoms with Gasteiger partial charge < -0.3 is 10.4 Å². The van der Waals surface area contributed by atoms with Crippen LogP contribution in [0, 0.1) is 11.8 Å². The van der Waals surface area contributed by atoms with Crippen molar-refractivity contribution in [2.45, 2.75) is 50.5 Å². The number of carboxylic acid groups (broad SMARTS) is 1. The van der Waals surface area contributed by atoms with E-state index in [1.165, 1.54) is 0 Å². The maximum atomic E-state index is 12.3. The molecule has 1 fully saturated rings. The van der Waals surface area contributed by atoms with E-state index in [1.807, 2.05) is 39.0 Å². The van der Waals surface area contributed by atoms with Crippen LogP contribution in [0.1, 0.15) is 45.6 Å². The first-order valence-corrected chi connectivity index (χ1v) is 9.50. The number of amides is 1. The van der Waals surface area contributed by atoms with Gasteiger partial charge in [0.25, 0.3) is 0 Å². The molecular weight excluding hydrogens is 326 g/mol. The van der Waals surface area contributed by atoms with Gasteiger partial charge in [0, 0.05) is 32.9 Å². The molecule has 6 heteroatoms. The van der Waals surface area contributed by atoms with E-state index in [0.29, 0.717) is 30.7 Å². The molecule has 1 aliphatic rings. The molecule has 1 aromatic rings. The van der Waals surface area contributed by atoms with E-state index in [2.05, 4.69) is 5.32 Å². The first kappa shape index (κ1) is 18.6. The van der Waals surface area contributed by atoms with Gasteiger partial charge in [0.1, 0.15) is 0 Å². The number of anilines is 1. The summed E-state index contributed by atoms with van der Waals surface area (Å²) in [5.74, 6) is -1.18. The van der Waals surface area contributed by atoms with Crippen molar-refractivity contribution in [3.63, 3.8) is 0 Å². The van der Waals surface area contributed by atoms with Gasteiger partial charge in [-0.3, -0.25) is 13.8 Å². The summed E-state index contributed by atoms with van der Waals surface area (Å²) in [6, 6.07) is 7.37. The molecule has 1 aromatic carbocycles. The quantitative estimate of drug-likeness (QED) is 0.853. The van der Waals surface area contributed by atoms with Crippen LogP contribution in [-0.2, 0) is 26.1 Å². The van der Waals surface area contributed by atoms with Crippen LogP contribution >= 0.6 is 0 Å². The highest BCUT2D eigenvalue weighted by Gasteiger charge is 2.33. The third kappa shape index (κ3) is 4.90. The van der Waals surface area contributed by atoms with Crippen molar-refractivity contribution >= 4 is 28.4 Å². The fraction of sp³-hybridized carbons (Fsp3) is 0.556. The molecule has 0 spiro atoms. The van der Waals surface area contributed by atoms with Crippen molar-refractivity contribution in [2.75, 3.05) is 5.32 Å². The van der Waals surface area contributed by atoms with Gasteiger partial charge in [0.05, 0.1) is 5.92 Å². The number of aliphatic carboxylic acids is 1. The summed E-state index contributed by atoms with van der Waals surface area (Å²) >= 11 is 0. The van der Waals surface area contributed by atoms with Gasteiger partial charge >= 0.3 is 5.97 Å². The Morgan fingerprint density at radius 1 is 1.25 bits per heavy atom. The summed E-state index contributed by atoms with van der Waals surface area (Å²) in [4.78, 5) is 23.3. The number of benzene rings is 1. The van der Waals surface area contributed by atoms with E-state index >= 15 is 0 Å². The number of hydrogen-bond acceptors (Lipinski definition) is 3. The zero-order valence-electron chi connectivity index (χ0n) is 14.4. The van der Waals surface area contributed by atoms with Crippen LogP contribution in [0.4, 0.5) is 5.69 Å². The van der Waals surface area contributed by atoms with Crippen molar-refractivity contribution in [1.82, 2.24) is 0 Å². The van der Waals surface area contributed by atoms with Crippen molar-refractivity contribution in [1.29, 1.82) is 0 Å². The van der Waals surface area contributed by atoms with Crippen LogP contribution in [-0.4, -0.2) is 25.9 Å². The smallest absolute Gasteiger partial charge is 0.306 e. The number of carboxylic acids is 1. The summed E-state index contributed by atoms with van der Waals surface area (Å²) in [6.07, 6.45) is 1.56. The van der Waals surface area contributed by atoms with E-state index in [4.69, 9.17) is 5.11 Å². The zero-order valence-corrected chi connectivity index (χ0v) is 15.2. The van der Waals surface area contributed by atoms with Gasteiger partial charge in [-0.2, -0.15) is 0 Å². The van der Waals surface area contributed by atoms with Crippen molar-refractivity contribution in [3.05, 3.63) is 29.8 Å². The second-order valence-electron chi connectivity index (χ2n) is 7.34. The molecule has 2 N–H and O–H groups in total. The minimum absolute atomic E-state index is 0.132. The Morgan fingerprint density at radius 3 is 2.50 bits per heavy atom. The third-order valence-corrected chi connectivity index (χ3v) is 6.29. The highest BCUT2D eigenvalue weighted by molar-refractivity contribution is 7.85. The van der Waals surface area contributed by atoms with Crippen LogP contribution in [0.2, 0.25) is 0 Å². The second kappa shape index (κ2) is 7.47. The molecular formula is C18H25NO4S. The average molecular weight is 351 g/mol. The normalized spacial score (nSPS) is 22.1. The fourth-order valence-electron chi connectivity index (χ4n) is 2.80. The van der Waals surface area contributed by atoms with Crippen molar-refractivity contribution in [2.24, 2.45) is 11.8 Å². The molecule has 0 bridgehead atoms. The molecule has 1 unspecified atom stereocenters. The average Bonchev–Trinajstić information content (AvgIpc) is 2.96. The predicted octanol–water partition coefficient (Wildman–Crippen LogP) is 3.17. The van der Waals surface area contributed by atoms with Crippen LogP contribution in [0.25, 0.3) is 0 Å². The van der Waals surface area contributed by atoms with Crippen LogP contribution in [0.15, 0.2) is 24.3 Å².